The monoisotopic (exact) mass is 270 g/mol. The van der Waals surface area contributed by atoms with Crippen molar-refractivity contribution >= 4 is 17.5 Å². The summed E-state index contributed by atoms with van der Waals surface area (Å²) in [6.07, 6.45) is 0. The molecule has 0 aliphatic rings. The molecule has 5 heteroatoms. The molecule has 0 aromatic heterocycles. The number of phenolic OH excluding ortho intramolecular Hbond substituents is 1. The Kier molecular flexibility index (Phi) is 3.70. The third-order valence-electron chi connectivity index (χ3n) is 2.79. The quantitative estimate of drug-likeness (QED) is 0.797. The van der Waals surface area contributed by atoms with Gasteiger partial charge in [-0.15, -0.1) is 0 Å². The zero-order chi connectivity index (χ0) is 14.7. The van der Waals surface area contributed by atoms with Gasteiger partial charge >= 0.3 is 0 Å². The van der Waals surface area contributed by atoms with E-state index >= 15 is 0 Å². The van der Waals surface area contributed by atoms with Gasteiger partial charge in [0.15, 0.2) is 0 Å². The number of phenols is 1. The fourth-order valence-corrected chi connectivity index (χ4v) is 1.86. The van der Waals surface area contributed by atoms with Crippen LogP contribution in [0.25, 0.3) is 0 Å². The van der Waals surface area contributed by atoms with Crippen molar-refractivity contribution in [2.45, 2.75) is 6.92 Å². The molecule has 0 aliphatic heterocycles. The zero-order valence-corrected chi connectivity index (χ0v) is 10.9. The van der Waals surface area contributed by atoms with Crippen molar-refractivity contribution in [3.63, 3.8) is 0 Å². The van der Waals surface area contributed by atoms with Gasteiger partial charge in [0.1, 0.15) is 5.75 Å². The summed E-state index contributed by atoms with van der Waals surface area (Å²) in [5.41, 5.74) is 6.92. The number of aromatic hydroxyl groups is 1. The average Bonchev–Trinajstić information content (AvgIpc) is 2.38. The fraction of sp³-hybridized carbons (Fsp3) is 0.0667. The molecule has 4 N–H and O–H groups in total. The van der Waals surface area contributed by atoms with Crippen molar-refractivity contribution in [1.29, 1.82) is 0 Å². The normalized spacial score (nSPS) is 10.1. The van der Waals surface area contributed by atoms with Gasteiger partial charge in [-0.1, -0.05) is 12.1 Å². The Morgan fingerprint density at radius 3 is 2.50 bits per heavy atom. The van der Waals surface area contributed by atoms with Crippen molar-refractivity contribution in [3.05, 3.63) is 59.2 Å². The van der Waals surface area contributed by atoms with Gasteiger partial charge in [0.2, 0.25) is 5.91 Å². The van der Waals surface area contributed by atoms with Gasteiger partial charge in [0.05, 0.1) is 11.1 Å². The highest BCUT2D eigenvalue weighted by Gasteiger charge is 2.16. The molecular weight excluding hydrogens is 256 g/mol. The molecule has 0 atom stereocenters. The van der Waals surface area contributed by atoms with E-state index in [9.17, 15) is 14.7 Å². The maximum atomic E-state index is 12.2. The smallest absolute Gasteiger partial charge is 0.256 e. The molecule has 0 saturated heterocycles. The van der Waals surface area contributed by atoms with Crippen LogP contribution in [0.1, 0.15) is 26.3 Å². The summed E-state index contributed by atoms with van der Waals surface area (Å²) in [5.74, 6) is -1.33. The number of rotatable bonds is 3. The predicted octanol–water partition coefficient (Wildman–Crippen LogP) is 2.05. The van der Waals surface area contributed by atoms with Crippen molar-refractivity contribution in [2.75, 3.05) is 5.32 Å². The van der Waals surface area contributed by atoms with E-state index in [0.717, 1.165) is 5.56 Å². The molecule has 0 radical (unpaired) electrons. The lowest BCUT2D eigenvalue weighted by Gasteiger charge is -2.09. The molecule has 2 aromatic rings. The summed E-state index contributed by atoms with van der Waals surface area (Å²) >= 11 is 0. The molecule has 2 rings (SSSR count). The number of carbonyl (C=O) groups excluding carboxylic acids is 2. The van der Waals surface area contributed by atoms with E-state index in [1.165, 1.54) is 18.2 Å². The minimum Gasteiger partial charge on any atom is -0.508 e. The van der Waals surface area contributed by atoms with Crippen LogP contribution in [0.3, 0.4) is 0 Å². The molecule has 0 aliphatic carbocycles. The molecule has 20 heavy (non-hydrogen) atoms. The van der Waals surface area contributed by atoms with Gasteiger partial charge in [-0.05, 0) is 42.8 Å². The summed E-state index contributed by atoms with van der Waals surface area (Å²) in [5, 5.41) is 12.1. The van der Waals surface area contributed by atoms with E-state index < -0.39 is 11.8 Å². The Hall–Kier alpha value is -2.82. The Balaban J connectivity index is 2.34. The summed E-state index contributed by atoms with van der Waals surface area (Å²) in [7, 11) is 0. The minimum absolute atomic E-state index is 0.0407. The molecule has 0 fully saturated rings. The second-order valence-electron chi connectivity index (χ2n) is 4.42. The number of aryl methyl sites for hydroxylation is 1. The Labute approximate surface area is 116 Å². The van der Waals surface area contributed by atoms with E-state index in [1.54, 1.807) is 12.1 Å². The number of amides is 2. The zero-order valence-electron chi connectivity index (χ0n) is 10.9. The van der Waals surface area contributed by atoms with E-state index in [0.29, 0.717) is 5.69 Å². The molecule has 0 heterocycles. The highest BCUT2D eigenvalue weighted by Crippen LogP contribution is 2.18. The van der Waals surface area contributed by atoms with Crippen molar-refractivity contribution < 1.29 is 14.7 Å². The lowest BCUT2D eigenvalue weighted by Crippen LogP contribution is -2.20. The van der Waals surface area contributed by atoms with Gasteiger partial charge in [0.25, 0.3) is 5.91 Å². The Morgan fingerprint density at radius 1 is 1.10 bits per heavy atom. The van der Waals surface area contributed by atoms with Gasteiger partial charge < -0.3 is 16.2 Å². The molecule has 0 bridgehead atoms. The summed E-state index contributed by atoms with van der Waals surface area (Å²) in [4.78, 5) is 23.5. The third-order valence-corrected chi connectivity index (χ3v) is 2.79. The van der Waals surface area contributed by atoms with Crippen molar-refractivity contribution in [2.24, 2.45) is 5.73 Å². The lowest BCUT2D eigenvalue weighted by molar-refractivity contribution is 0.0977. The van der Waals surface area contributed by atoms with Crippen LogP contribution in [-0.4, -0.2) is 16.9 Å². The van der Waals surface area contributed by atoms with Gasteiger partial charge in [-0.2, -0.15) is 0 Å². The average molecular weight is 270 g/mol. The topological polar surface area (TPSA) is 92.4 Å². The minimum atomic E-state index is -0.723. The molecule has 2 aromatic carbocycles. The number of hydrogen-bond acceptors (Lipinski definition) is 3. The van der Waals surface area contributed by atoms with Crippen LogP contribution in [0.2, 0.25) is 0 Å². The SMILES string of the molecule is Cc1cccc(NC(=O)c2cc(O)ccc2C(N)=O)c1. The van der Waals surface area contributed by atoms with Gasteiger partial charge in [0, 0.05) is 5.69 Å². The molecule has 0 saturated carbocycles. The second kappa shape index (κ2) is 5.44. The first-order chi connectivity index (χ1) is 9.47. The summed E-state index contributed by atoms with van der Waals surface area (Å²) < 4.78 is 0. The van der Waals surface area contributed by atoms with E-state index in [4.69, 9.17) is 5.73 Å². The summed E-state index contributed by atoms with van der Waals surface area (Å²) in [6.45, 7) is 1.90. The number of benzene rings is 2. The fourth-order valence-electron chi connectivity index (χ4n) is 1.86. The van der Waals surface area contributed by atoms with Crippen LogP contribution >= 0.6 is 0 Å². The van der Waals surface area contributed by atoms with E-state index in [-0.39, 0.29) is 16.9 Å². The van der Waals surface area contributed by atoms with E-state index in [2.05, 4.69) is 5.32 Å². The third kappa shape index (κ3) is 2.95. The largest absolute Gasteiger partial charge is 0.508 e. The lowest BCUT2D eigenvalue weighted by atomic mass is 10.1. The van der Waals surface area contributed by atoms with Crippen molar-refractivity contribution in [3.8, 4) is 5.75 Å². The number of nitrogens with one attached hydrogen (secondary N) is 1. The van der Waals surface area contributed by atoms with Crippen LogP contribution < -0.4 is 11.1 Å². The van der Waals surface area contributed by atoms with Gasteiger partial charge in [-0.3, -0.25) is 9.59 Å². The predicted molar refractivity (Wildman–Crippen MR) is 75.8 cm³/mol. The molecule has 102 valence electrons. The first kappa shape index (κ1) is 13.6. The maximum Gasteiger partial charge on any atom is 0.256 e. The molecule has 0 unspecified atom stereocenters. The van der Waals surface area contributed by atoms with Gasteiger partial charge in [-0.25, -0.2) is 0 Å². The molecule has 0 spiro atoms. The van der Waals surface area contributed by atoms with Crippen LogP contribution in [0.5, 0.6) is 5.75 Å². The second-order valence-corrected chi connectivity index (χ2v) is 4.42. The summed E-state index contributed by atoms with van der Waals surface area (Å²) in [6, 6.07) is 11.1. The standard InChI is InChI=1S/C15H14N2O3/c1-9-3-2-4-10(7-9)17-15(20)13-8-11(18)5-6-12(13)14(16)19/h2-8,18H,1H3,(H2,16,19)(H,17,20). The first-order valence-electron chi connectivity index (χ1n) is 5.98. The van der Waals surface area contributed by atoms with Crippen LogP contribution in [0.15, 0.2) is 42.5 Å². The van der Waals surface area contributed by atoms with Crippen LogP contribution in [-0.2, 0) is 0 Å². The molecule has 2 amide bonds. The first-order valence-corrected chi connectivity index (χ1v) is 5.98. The number of hydrogen-bond donors (Lipinski definition) is 3. The number of nitrogens with two attached hydrogens (primary N) is 1. The molecule has 5 nitrogen and oxygen atoms in total. The number of primary amides is 1. The van der Waals surface area contributed by atoms with Crippen molar-refractivity contribution in [1.82, 2.24) is 0 Å². The van der Waals surface area contributed by atoms with Crippen LogP contribution in [0, 0.1) is 6.92 Å². The highest BCUT2D eigenvalue weighted by atomic mass is 16.3. The number of carbonyl (C=O) groups is 2. The number of anilines is 1. The Morgan fingerprint density at radius 2 is 1.85 bits per heavy atom. The van der Waals surface area contributed by atoms with Crippen LogP contribution in [0.4, 0.5) is 5.69 Å². The molecular formula is C15H14N2O3. The van der Waals surface area contributed by atoms with E-state index in [1.807, 2.05) is 19.1 Å². The Bertz CT molecular complexity index is 681. The maximum absolute atomic E-state index is 12.2. The highest BCUT2D eigenvalue weighted by molar-refractivity contribution is 6.12.